The molecular formula is C15H14N2OS2. The highest BCUT2D eigenvalue weighted by Gasteiger charge is 2.06. The van der Waals surface area contributed by atoms with Crippen LogP contribution >= 0.6 is 24.0 Å². The molecule has 0 radical (unpaired) electrons. The highest BCUT2D eigenvalue weighted by atomic mass is 32.2. The Morgan fingerprint density at radius 2 is 1.60 bits per heavy atom. The highest BCUT2D eigenvalue weighted by Crippen LogP contribution is 2.18. The van der Waals surface area contributed by atoms with Crippen molar-refractivity contribution in [3.63, 3.8) is 0 Å². The number of benzene rings is 2. The summed E-state index contributed by atoms with van der Waals surface area (Å²) in [4.78, 5) is 13.5. The summed E-state index contributed by atoms with van der Waals surface area (Å²) in [6, 6.07) is 14.6. The molecule has 0 aromatic heterocycles. The van der Waals surface area contributed by atoms with Crippen LogP contribution in [0.4, 0.5) is 5.69 Å². The van der Waals surface area contributed by atoms with Crippen molar-refractivity contribution in [1.29, 1.82) is 0 Å². The van der Waals surface area contributed by atoms with E-state index in [9.17, 15) is 4.79 Å². The van der Waals surface area contributed by atoms with Crippen molar-refractivity contribution in [3.8, 4) is 0 Å². The minimum atomic E-state index is -0.156. The Morgan fingerprint density at radius 3 is 2.10 bits per heavy atom. The lowest BCUT2D eigenvalue weighted by atomic mass is 10.1. The number of rotatable bonds is 4. The van der Waals surface area contributed by atoms with Crippen molar-refractivity contribution < 1.29 is 4.79 Å². The zero-order valence-electron chi connectivity index (χ0n) is 10.9. The standard InChI is InChI=1S/C15H14N2OS2/c1-20-13-8-6-12(7-9-13)17-15(18)11-4-2-10(3-5-11)14(16)19/h2-9H,1H3,(H2,16,19)(H,17,18). The summed E-state index contributed by atoms with van der Waals surface area (Å²) in [6.45, 7) is 0. The maximum Gasteiger partial charge on any atom is 0.255 e. The first kappa shape index (κ1) is 14.6. The molecule has 2 aromatic rings. The van der Waals surface area contributed by atoms with Crippen LogP contribution in [0, 0.1) is 0 Å². The van der Waals surface area contributed by atoms with Crippen molar-refractivity contribution in [3.05, 3.63) is 59.7 Å². The third-order valence-corrected chi connectivity index (χ3v) is 3.76. The third-order valence-electron chi connectivity index (χ3n) is 2.78. The number of nitrogens with two attached hydrogens (primary N) is 1. The second-order valence-electron chi connectivity index (χ2n) is 4.12. The zero-order valence-corrected chi connectivity index (χ0v) is 12.6. The quantitative estimate of drug-likeness (QED) is 0.672. The summed E-state index contributed by atoms with van der Waals surface area (Å²) in [5.41, 5.74) is 7.61. The molecule has 0 aliphatic carbocycles. The van der Waals surface area contributed by atoms with Gasteiger partial charge in [0, 0.05) is 21.7 Å². The van der Waals surface area contributed by atoms with Crippen molar-refractivity contribution in [2.24, 2.45) is 5.73 Å². The van der Waals surface area contributed by atoms with Gasteiger partial charge in [0.25, 0.3) is 5.91 Å². The van der Waals surface area contributed by atoms with Gasteiger partial charge in [0.1, 0.15) is 4.99 Å². The average molecular weight is 302 g/mol. The van der Waals surface area contributed by atoms with E-state index in [2.05, 4.69) is 5.32 Å². The molecule has 0 unspecified atom stereocenters. The van der Waals surface area contributed by atoms with Crippen LogP contribution in [0.3, 0.4) is 0 Å². The van der Waals surface area contributed by atoms with Gasteiger partial charge in [0.05, 0.1) is 0 Å². The number of thioether (sulfide) groups is 1. The number of hydrogen-bond donors (Lipinski definition) is 2. The molecule has 0 atom stereocenters. The molecule has 5 heteroatoms. The Morgan fingerprint density at radius 1 is 1.05 bits per heavy atom. The minimum Gasteiger partial charge on any atom is -0.389 e. The van der Waals surface area contributed by atoms with E-state index in [1.807, 2.05) is 30.5 Å². The topological polar surface area (TPSA) is 55.1 Å². The second kappa shape index (κ2) is 6.54. The molecule has 3 N–H and O–H groups in total. The van der Waals surface area contributed by atoms with Gasteiger partial charge in [0.15, 0.2) is 0 Å². The molecule has 2 aromatic carbocycles. The lowest BCUT2D eigenvalue weighted by Crippen LogP contribution is -2.13. The third kappa shape index (κ3) is 3.59. The molecule has 1 amide bonds. The fourth-order valence-corrected chi connectivity index (χ4v) is 2.21. The molecule has 0 saturated heterocycles. The fourth-order valence-electron chi connectivity index (χ4n) is 1.66. The van der Waals surface area contributed by atoms with Gasteiger partial charge in [-0.05, 0) is 42.7 Å². The number of thiocarbonyl (C=S) groups is 1. The van der Waals surface area contributed by atoms with Gasteiger partial charge in [-0.1, -0.05) is 24.4 Å². The molecule has 0 bridgehead atoms. The summed E-state index contributed by atoms with van der Waals surface area (Å²) in [5.74, 6) is -0.156. The van der Waals surface area contributed by atoms with E-state index in [1.54, 1.807) is 36.0 Å². The lowest BCUT2D eigenvalue weighted by molar-refractivity contribution is 0.102. The fraction of sp³-hybridized carbons (Fsp3) is 0.0667. The van der Waals surface area contributed by atoms with Crippen molar-refractivity contribution in [2.45, 2.75) is 4.90 Å². The molecule has 102 valence electrons. The van der Waals surface area contributed by atoms with Crippen LogP contribution in [0.25, 0.3) is 0 Å². The van der Waals surface area contributed by atoms with Crippen molar-refractivity contribution in [1.82, 2.24) is 0 Å². The monoisotopic (exact) mass is 302 g/mol. The Hall–Kier alpha value is -1.85. The number of anilines is 1. The van der Waals surface area contributed by atoms with Gasteiger partial charge in [0.2, 0.25) is 0 Å². The van der Waals surface area contributed by atoms with E-state index in [0.29, 0.717) is 10.6 Å². The molecule has 3 nitrogen and oxygen atoms in total. The van der Waals surface area contributed by atoms with Crippen LogP contribution in [0.5, 0.6) is 0 Å². The zero-order chi connectivity index (χ0) is 14.5. The van der Waals surface area contributed by atoms with Gasteiger partial charge in [-0.15, -0.1) is 11.8 Å². The van der Waals surface area contributed by atoms with Crippen LogP contribution in [0.1, 0.15) is 15.9 Å². The normalized spacial score (nSPS) is 10.1. The Kier molecular flexibility index (Phi) is 4.76. The predicted molar refractivity (Wildman–Crippen MR) is 88.5 cm³/mol. The van der Waals surface area contributed by atoms with Gasteiger partial charge in [-0.3, -0.25) is 4.79 Å². The van der Waals surface area contributed by atoms with Crippen molar-refractivity contribution in [2.75, 3.05) is 11.6 Å². The minimum absolute atomic E-state index is 0.156. The number of amides is 1. The SMILES string of the molecule is CSc1ccc(NC(=O)c2ccc(C(N)=S)cc2)cc1. The first-order valence-electron chi connectivity index (χ1n) is 5.95. The summed E-state index contributed by atoms with van der Waals surface area (Å²) in [5, 5.41) is 2.85. The summed E-state index contributed by atoms with van der Waals surface area (Å²) < 4.78 is 0. The second-order valence-corrected chi connectivity index (χ2v) is 5.44. The first-order valence-corrected chi connectivity index (χ1v) is 7.59. The molecule has 0 fully saturated rings. The number of carbonyl (C=O) groups is 1. The molecule has 0 aliphatic heterocycles. The molecule has 0 aliphatic rings. The first-order chi connectivity index (χ1) is 9.60. The Labute approximate surface area is 127 Å². The Balaban J connectivity index is 2.08. The lowest BCUT2D eigenvalue weighted by Gasteiger charge is -2.06. The highest BCUT2D eigenvalue weighted by molar-refractivity contribution is 7.98. The summed E-state index contributed by atoms with van der Waals surface area (Å²) in [6.07, 6.45) is 2.01. The van der Waals surface area contributed by atoms with Crippen LogP contribution in [0.2, 0.25) is 0 Å². The van der Waals surface area contributed by atoms with Gasteiger partial charge in [-0.25, -0.2) is 0 Å². The van der Waals surface area contributed by atoms with Crippen LogP contribution in [-0.2, 0) is 0 Å². The predicted octanol–water partition coefficient (Wildman–Crippen LogP) is 3.30. The van der Waals surface area contributed by atoms with E-state index in [1.165, 1.54) is 0 Å². The molecule has 0 spiro atoms. The molecule has 0 heterocycles. The van der Waals surface area contributed by atoms with Crippen molar-refractivity contribution >= 4 is 40.6 Å². The smallest absolute Gasteiger partial charge is 0.255 e. The average Bonchev–Trinajstić information content (AvgIpc) is 2.48. The van der Waals surface area contributed by atoms with Crippen LogP contribution in [-0.4, -0.2) is 17.2 Å². The molecular weight excluding hydrogens is 288 g/mol. The molecule has 0 saturated carbocycles. The van der Waals surface area contributed by atoms with E-state index in [-0.39, 0.29) is 5.91 Å². The van der Waals surface area contributed by atoms with E-state index < -0.39 is 0 Å². The molecule has 2 rings (SSSR count). The van der Waals surface area contributed by atoms with Gasteiger partial charge < -0.3 is 11.1 Å². The Bertz CT molecular complexity index is 621. The summed E-state index contributed by atoms with van der Waals surface area (Å²) >= 11 is 6.54. The van der Waals surface area contributed by atoms with E-state index >= 15 is 0 Å². The van der Waals surface area contributed by atoms with Gasteiger partial charge in [-0.2, -0.15) is 0 Å². The molecule has 20 heavy (non-hydrogen) atoms. The van der Waals surface area contributed by atoms with Crippen LogP contribution < -0.4 is 11.1 Å². The van der Waals surface area contributed by atoms with Gasteiger partial charge >= 0.3 is 0 Å². The van der Waals surface area contributed by atoms with Crippen LogP contribution in [0.15, 0.2) is 53.4 Å². The largest absolute Gasteiger partial charge is 0.389 e. The summed E-state index contributed by atoms with van der Waals surface area (Å²) in [7, 11) is 0. The maximum absolute atomic E-state index is 12.1. The number of hydrogen-bond acceptors (Lipinski definition) is 3. The van der Waals surface area contributed by atoms with E-state index in [0.717, 1.165) is 16.1 Å². The van der Waals surface area contributed by atoms with E-state index in [4.69, 9.17) is 18.0 Å². The number of nitrogens with one attached hydrogen (secondary N) is 1. The maximum atomic E-state index is 12.1. The number of carbonyl (C=O) groups excluding carboxylic acids is 1.